The van der Waals surface area contributed by atoms with Crippen LogP contribution in [0, 0.1) is 0 Å². The van der Waals surface area contributed by atoms with E-state index in [0.29, 0.717) is 6.54 Å². The summed E-state index contributed by atoms with van der Waals surface area (Å²) in [5.74, 6) is 0. The summed E-state index contributed by atoms with van der Waals surface area (Å²) in [5, 5.41) is 21.7. The van der Waals surface area contributed by atoms with Crippen molar-refractivity contribution in [2.75, 3.05) is 11.9 Å². The third-order valence-electron chi connectivity index (χ3n) is 4.92. The van der Waals surface area contributed by atoms with Crippen LogP contribution in [0.4, 0.5) is 10.5 Å². The first-order valence-electron chi connectivity index (χ1n) is 8.97. The van der Waals surface area contributed by atoms with Gasteiger partial charge in [0.2, 0.25) is 0 Å². The highest BCUT2D eigenvalue weighted by Gasteiger charge is 2.25. The van der Waals surface area contributed by atoms with Crippen LogP contribution in [0.25, 0.3) is 10.8 Å². The van der Waals surface area contributed by atoms with Crippen molar-refractivity contribution in [2.24, 2.45) is 0 Å². The molecule has 0 saturated heterocycles. The van der Waals surface area contributed by atoms with Gasteiger partial charge in [-0.1, -0.05) is 36.4 Å². The largest absolute Gasteiger partial charge is 0.394 e. The van der Waals surface area contributed by atoms with Gasteiger partial charge in [-0.15, -0.1) is 0 Å². The number of anilines is 1. The lowest BCUT2D eigenvalue weighted by Crippen LogP contribution is -2.34. The molecule has 1 aliphatic rings. The Morgan fingerprint density at radius 3 is 2.96 bits per heavy atom. The number of amides is 2. The van der Waals surface area contributed by atoms with Crippen molar-refractivity contribution >= 4 is 22.5 Å². The molecule has 3 aromatic rings. The number of urea groups is 1. The van der Waals surface area contributed by atoms with Crippen LogP contribution >= 0.6 is 0 Å². The quantitative estimate of drug-likeness (QED) is 0.676. The Morgan fingerprint density at radius 2 is 2.08 bits per heavy atom. The Kier molecular flexibility index (Phi) is 4.58. The molecule has 1 heterocycles. The van der Waals surface area contributed by atoms with Gasteiger partial charge >= 0.3 is 6.03 Å². The third kappa shape index (κ3) is 3.15. The minimum absolute atomic E-state index is 0.0545. The number of hydrogen-bond acceptors (Lipinski definition) is 3. The predicted octanol–water partition coefficient (Wildman–Crippen LogP) is 3.23. The first-order valence-corrected chi connectivity index (χ1v) is 8.97. The van der Waals surface area contributed by atoms with Gasteiger partial charge in [0, 0.05) is 16.6 Å². The zero-order valence-corrected chi connectivity index (χ0v) is 14.5. The van der Waals surface area contributed by atoms with Gasteiger partial charge in [0.15, 0.2) is 0 Å². The summed E-state index contributed by atoms with van der Waals surface area (Å²) in [6.45, 7) is 0.554. The smallest absolute Gasteiger partial charge is 0.319 e. The molecule has 134 valence electrons. The maximum absolute atomic E-state index is 12.6. The van der Waals surface area contributed by atoms with E-state index in [-0.39, 0.29) is 18.7 Å². The van der Waals surface area contributed by atoms with Crippen LogP contribution in [0.2, 0.25) is 0 Å². The molecule has 6 nitrogen and oxygen atoms in total. The van der Waals surface area contributed by atoms with Crippen molar-refractivity contribution in [2.45, 2.75) is 31.8 Å². The highest BCUT2D eigenvalue weighted by molar-refractivity contribution is 6.01. The van der Waals surface area contributed by atoms with Crippen molar-refractivity contribution < 1.29 is 9.90 Å². The minimum Gasteiger partial charge on any atom is -0.394 e. The maximum atomic E-state index is 12.6. The molecule has 26 heavy (non-hydrogen) atoms. The number of fused-ring (bicyclic) bond motifs is 2. The van der Waals surface area contributed by atoms with Crippen LogP contribution in [-0.4, -0.2) is 27.5 Å². The molecule has 0 bridgehead atoms. The van der Waals surface area contributed by atoms with Crippen molar-refractivity contribution in [3.05, 3.63) is 59.9 Å². The van der Waals surface area contributed by atoms with E-state index < -0.39 is 0 Å². The summed E-state index contributed by atoms with van der Waals surface area (Å²) >= 11 is 0. The summed E-state index contributed by atoms with van der Waals surface area (Å²) in [7, 11) is 0. The molecular formula is C20H22N4O2. The zero-order chi connectivity index (χ0) is 17.9. The van der Waals surface area contributed by atoms with Crippen LogP contribution in [0.3, 0.4) is 0 Å². The van der Waals surface area contributed by atoms with Crippen molar-refractivity contribution in [1.82, 2.24) is 15.1 Å². The Balaban J connectivity index is 1.51. The molecule has 6 heteroatoms. The molecule has 0 fully saturated rings. The normalized spacial score (nSPS) is 16.3. The summed E-state index contributed by atoms with van der Waals surface area (Å²) in [6, 6.07) is 13.6. The van der Waals surface area contributed by atoms with Crippen LogP contribution < -0.4 is 10.6 Å². The number of rotatable bonds is 4. The molecule has 1 aliphatic carbocycles. The number of nitrogens with zero attached hydrogens (tertiary/aromatic N) is 2. The number of aliphatic hydroxyl groups is 1. The number of aromatic nitrogens is 2. The number of aliphatic hydroxyl groups excluding tert-OH is 1. The second kappa shape index (κ2) is 7.17. The highest BCUT2D eigenvalue weighted by Crippen LogP contribution is 2.30. The second-order valence-corrected chi connectivity index (χ2v) is 6.56. The van der Waals surface area contributed by atoms with Gasteiger partial charge in [-0.05, 0) is 30.7 Å². The Morgan fingerprint density at radius 1 is 1.23 bits per heavy atom. The van der Waals surface area contributed by atoms with Gasteiger partial charge in [0.05, 0.1) is 31.1 Å². The van der Waals surface area contributed by atoms with E-state index in [2.05, 4.69) is 15.7 Å². The van der Waals surface area contributed by atoms with E-state index in [1.165, 1.54) is 0 Å². The average Bonchev–Trinajstić information content (AvgIpc) is 3.07. The molecule has 3 N–H and O–H groups in total. The number of carbonyl (C=O) groups is 1. The summed E-state index contributed by atoms with van der Waals surface area (Å²) in [6.07, 6.45) is 4.62. The van der Waals surface area contributed by atoms with Crippen molar-refractivity contribution in [3.8, 4) is 0 Å². The van der Waals surface area contributed by atoms with Gasteiger partial charge in [-0.25, -0.2) is 4.79 Å². The molecule has 0 saturated carbocycles. The summed E-state index contributed by atoms with van der Waals surface area (Å²) < 4.78 is 1.84. The molecule has 2 amide bonds. The Bertz CT molecular complexity index is 929. The van der Waals surface area contributed by atoms with E-state index >= 15 is 0 Å². The molecule has 1 aromatic heterocycles. The minimum atomic E-state index is -0.214. The summed E-state index contributed by atoms with van der Waals surface area (Å²) in [4.78, 5) is 12.6. The van der Waals surface area contributed by atoms with E-state index in [9.17, 15) is 4.79 Å². The number of hydrogen-bond donors (Lipinski definition) is 3. The number of benzene rings is 2. The molecule has 4 rings (SSSR count). The van der Waals surface area contributed by atoms with Crippen LogP contribution in [0.1, 0.15) is 30.1 Å². The van der Waals surface area contributed by atoms with Gasteiger partial charge < -0.3 is 15.7 Å². The fourth-order valence-electron chi connectivity index (χ4n) is 3.71. The van der Waals surface area contributed by atoms with Crippen molar-refractivity contribution in [3.63, 3.8) is 0 Å². The molecule has 2 aromatic carbocycles. The zero-order valence-electron chi connectivity index (χ0n) is 14.5. The van der Waals surface area contributed by atoms with E-state index in [1.807, 2.05) is 53.3 Å². The Hall–Kier alpha value is -2.86. The average molecular weight is 350 g/mol. The summed E-state index contributed by atoms with van der Waals surface area (Å²) in [5.41, 5.74) is 2.96. The Labute approximate surface area is 151 Å². The van der Waals surface area contributed by atoms with Gasteiger partial charge in [0.1, 0.15) is 0 Å². The molecule has 0 radical (unpaired) electrons. The molecular weight excluding hydrogens is 328 g/mol. The first kappa shape index (κ1) is 16.6. The topological polar surface area (TPSA) is 79.2 Å². The lowest BCUT2D eigenvalue weighted by Gasteiger charge is -2.24. The maximum Gasteiger partial charge on any atom is 0.319 e. The standard InChI is InChI=1S/C20H22N4O2/c25-12-11-24-19-10-4-9-18(16(19)13-21-24)23-20(26)22-17-8-3-6-14-5-1-2-7-15(14)17/h1-3,5-8,13,18,25H,4,9-12H2,(H2,22,23,26)/t18-/m1/s1. The third-order valence-corrected chi connectivity index (χ3v) is 4.92. The second-order valence-electron chi connectivity index (χ2n) is 6.56. The van der Waals surface area contributed by atoms with Crippen LogP contribution in [-0.2, 0) is 13.0 Å². The SMILES string of the molecule is O=C(Nc1cccc2ccccc12)N[C@@H]1CCCc2c1cnn2CCO. The van der Waals surface area contributed by atoms with E-state index in [0.717, 1.165) is 47.0 Å². The fraction of sp³-hybridized carbons (Fsp3) is 0.300. The first-order chi connectivity index (χ1) is 12.8. The van der Waals surface area contributed by atoms with E-state index in [4.69, 9.17) is 5.11 Å². The molecule has 0 unspecified atom stereocenters. The number of nitrogens with one attached hydrogen (secondary N) is 2. The molecule has 0 aliphatic heterocycles. The lowest BCUT2D eigenvalue weighted by atomic mass is 9.93. The van der Waals surface area contributed by atoms with Crippen molar-refractivity contribution in [1.29, 1.82) is 0 Å². The van der Waals surface area contributed by atoms with Gasteiger partial charge in [-0.2, -0.15) is 5.10 Å². The number of carbonyl (C=O) groups excluding carboxylic acids is 1. The van der Waals surface area contributed by atoms with Gasteiger partial charge in [-0.3, -0.25) is 4.68 Å². The van der Waals surface area contributed by atoms with Gasteiger partial charge in [0.25, 0.3) is 0 Å². The molecule has 1 atom stereocenters. The van der Waals surface area contributed by atoms with Crippen LogP contribution in [0.15, 0.2) is 48.7 Å². The fourth-order valence-corrected chi connectivity index (χ4v) is 3.71. The van der Waals surface area contributed by atoms with E-state index in [1.54, 1.807) is 0 Å². The highest BCUT2D eigenvalue weighted by atomic mass is 16.3. The van der Waals surface area contributed by atoms with Crippen LogP contribution in [0.5, 0.6) is 0 Å². The lowest BCUT2D eigenvalue weighted by molar-refractivity contribution is 0.246. The molecule has 0 spiro atoms. The monoisotopic (exact) mass is 350 g/mol. The predicted molar refractivity (Wildman–Crippen MR) is 101 cm³/mol.